The van der Waals surface area contributed by atoms with Crippen LogP contribution in [-0.2, 0) is 18.5 Å². The van der Waals surface area contributed by atoms with Gasteiger partial charge in [0, 0.05) is 18.0 Å². The second-order valence-electron chi connectivity index (χ2n) is 5.64. The van der Waals surface area contributed by atoms with Crippen molar-refractivity contribution in [1.82, 2.24) is 24.7 Å². The minimum absolute atomic E-state index is 0.144. The van der Waals surface area contributed by atoms with Crippen LogP contribution in [0.4, 0.5) is 11.6 Å². The van der Waals surface area contributed by atoms with Crippen LogP contribution in [0.25, 0.3) is 0 Å². The molecule has 0 aliphatic rings. The zero-order chi connectivity index (χ0) is 14.8. The number of aromatic nitrogens is 5. The van der Waals surface area contributed by atoms with Crippen LogP contribution in [0.3, 0.4) is 0 Å². The summed E-state index contributed by atoms with van der Waals surface area (Å²) < 4.78 is 1.97. The first-order valence-electron chi connectivity index (χ1n) is 6.65. The highest BCUT2D eigenvalue weighted by Gasteiger charge is 2.18. The predicted octanol–water partition coefficient (Wildman–Crippen LogP) is 1.58. The molecular formula is C13H21N7. The number of hydrogen-bond acceptors (Lipinski definition) is 6. The molecule has 0 fully saturated rings. The van der Waals surface area contributed by atoms with Crippen LogP contribution >= 0.6 is 0 Å². The summed E-state index contributed by atoms with van der Waals surface area (Å²) in [5, 5.41) is 11.2. The zero-order valence-electron chi connectivity index (χ0n) is 12.4. The van der Waals surface area contributed by atoms with Crippen molar-refractivity contribution in [3.05, 3.63) is 24.0 Å². The Morgan fingerprint density at radius 1 is 1.30 bits per heavy atom. The second kappa shape index (κ2) is 5.44. The lowest BCUT2D eigenvalue weighted by Crippen LogP contribution is -2.18. The van der Waals surface area contributed by atoms with Gasteiger partial charge in [0.25, 0.3) is 0 Å². The Hall–Kier alpha value is -2.18. The maximum Gasteiger partial charge on any atom is 0.152 e. The molecular weight excluding hydrogens is 254 g/mol. The van der Waals surface area contributed by atoms with Crippen LogP contribution in [0.1, 0.15) is 39.3 Å². The van der Waals surface area contributed by atoms with E-state index in [2.05, 4.69) is 46.3 Å². The van der Waals surface area contributed by atoms with Gasteiger partial charge < -0.3 is 15.6 Å². The highest BCUT2D eigenvalue weighted by atomic mass is 15.3. The summed E-state index contributed by atoms with van der Waals surface area (Å²) in [7, 11) is 0. The highest BCUT2D eigenvalue weighted by molar-refractivity contribution is 5.45. The normalized spacial score (nSPS) is 11.6. The molecule has 108 valence electrons. The Morgan fingerprint density at radius 2 is 2.05 bits per heavy atom. The molecule has 20 heavy (non-hydrogen) atoms. The first-order chi connectivity index (χ1) is 9.40. The van der Waals surface area contributed by atoms with Gasteiger partial charge in [0.15, 0.2) is 5.82 Å². The van der Waals surface area contributed by atoms with Crippen LogP contribution in [0.15, 0.2) is 12.4 Å². The largest absolute Gasteiger partial charge is 0.384 e. The molecule has 0 aromatic carbocycles. The molecule has 0 aliphatic heterocycles. The summed E-state index contributed by atoms with van der Waals surface area (Å²) in [6, 6.07) is 1.72. The van der Waals surface area contributed by atoms with Crippen LogP contribution < -0.4 is 11.1 Å². The Morgan fingerprint density at radius 3 is 2.70 bits per heavy atom. The van der Waals surface area contributed by atoms with Gasteiger partial charge in [0.1, 0.15) is 23.8 Å². The monoisotopic (exact) mass is 275 g/mol. The topological polar surface area (TPSA) is 94.5 Å². The molecule has 2 aromatic rings. The van der Waals surface area contributed by atoms with Crippen molar-refractivity contribution in [1.29, 1.82) is 0 Å². The number of hydrogen-bond donors (Lipinski definition) is 2. The van der Waals surface area contributed by atoms with Gasteiger partial charge >= 0.3 is 0 Å². The second-order valence-corrected chi connectivity index (χ2v) is 5.64. The summed E-state index contributed by atoms with van der Waals surface area (Å²) in [4.78, 5) is 8.78. The molecule has 0 radical (unpaired) electrons. The van der Waals surface area contributed by atoms with Crippen LogP contribution in [0.2, 0.25) is 0 Å². The van der Waals surface area contributed by atoms with Crippen molar-refractivity contribution in [2.24, 2.45) is 0 Å². The quantitative estimate of drug-likeness (QED) is 0.879. The van der Waals surface area contributed by atoms with Crippen LogP contribution in [-0.4, -0.2) is 24.7 Å². The van der Waals surface area contributed by atoms with E-state index in [0.717, 1.165) is 18.2 Å². The average molecular weight is 275 g/mol. The van der Waals surface area contributed by atoms with Gasteiger partial charge in [-0.25, -0.2) is 9.97 Å². The van der Waals surface area contributed by atoms with E-state index in [1.165, 1.54) is 0 Å². The number of nitrogens with one attached hydrogen (secondary N) is 1. The van der Waals surface area contributed by atoms with Gasteiger partial charge in [-0.2, -0.15) is 0 Å². The number of aryl methyl sites for hydroxylation is 1. The maximum atomic E-state index is 5.84. The van der Waals surface area contributed by atoms with Gasteiger partial charge in [-0.15, -0.1) is 10.2 Å². The summed E-state index contributed by atoms with van der Waals surface area (Å²) >= 11 is 0. The third-order valence-electron chi connectivity index (χ3n) is 2.88. The lowest BCUT2D eigenvalue weighted by Gasteiger charge is -2.18. The summed E-state index contributed by atoms with van der Waals surface area (Å²) in [5.74, 6) is 2.75. The van der Waals surface area contributed by atoms with E-state index < -0.39 is 0 Å². The summed E-state index contributed by atoms with van der Waals surface area (Å²) in [6.45, 7) is 9.60. The van der Waals surface area contributed by atoms with E-state index in [1.807, 2.05) is 11.5 Å². The van der Waals surface area contributed by atoms with Gasteiger partial charge in [-0.05, 0) is 6.92 Å². The van der Waals surface area contributed by atoms with Gasteiger partial charge in [-0.3, -0.25) is 0 Å². The molecule has 0 aliphatic carbocycles. The van der Waals surface area contributed by atoms with Crippen molar-refractivity contribution in [3.63, 3.8) is 0 Å². The predicted molar refractivity (Wildman–Crippen MR) is 78.2 cm³/mol. The summed E-state index contributed by atoms with van der Waals surface area (Å²) in [6.07, 6.45) is 1.71. The molecule has 2 aromatic heterocycles. The number of nitrogens with zero attached hydrogens (tertiary/aromatic N) is 5. The molecule has 2 rings (SSSR count). The Labute approximate surface area is 118 Å². The van der Waals surface area contributed by atoms with E-state index in [9.17, 15) is 0 Å². The van der Waals surface area contributed by atoms with Crippen molar-refractivity contribution in [3.8, 4) is 0 Å². The molecule has 0 saturated heterocycles. The smallest absolute Gasteiger partial charge is 0.152 e. The lowest BCUT2D eigenvalue weighted by atomic mass is 9.96. The molecule has 0 unspecified atom stereocenters. The molecule has 0 spiro atoms. The van der Waals surface area contributed by atoms with E-state index in [-0.39, 0.29) is 5.41 Å². The van der Waals surface area contributed by atoms with Gasteiger partial charge in [-0.1, -0.05) is 20.8 Å². The fourth-order valence-corrected chi connectivity index (χ4v) is 1.74. The molecule has 0 atom stereocenters. The first kappa shape index (κ1) is 14.2. The number of rotatable bonds is 4. The third kappa shape index (κ3) is 3.23. The molecule has 0 saturated carbocycles. The zero-order valence-corrected chi connectivity index (χ0v) is 12.4. The average Bonchev–Trinajstić information content (AvgIpc) is 2.82. The molecule has 3 N–H and O–H groups in total. The minimum atomic E-state index is -0.144. The van der Waals surface area contributed by atoms with E-state index in [4.69, 9.17) is 5.73 Å². The highest BCUT2D eigenvalue weighted by Crippen LogP contribution is 2.21. The lowest BCUT2D eigenvalue weighted by molar-refractivity contribution is 0.547. The maximum absolute atomic E-state index is 5.84. The Balaban J connectivity index is 2.16. The number of anilines is 2. The Bertz CT molecular complexity index is 583. The van der Waals surface area contributed by atoms with Crippen molar-refractivity contribution in [2.75, 3.05) is 11.1 Å². The van der Waals surface area contributed by atoms with Crippen LogP contribution in [0.5, 0.6) is 0 Å². The fourth-order valence-electron chi connectivity index (χ4n) is 1.74. The van der Waals surface area contributed by atoms with Gasteiger partial charge in [0.2, 0.25) is 0 Å². The van der Waals surface area contributed by atoms with Crippen molar-refractivity contribution < 1.29 is 0 Å². The fraction of sp³-hybridized carbons (Fsp3) is 0.538. The standard InChI is InChI=1S/C13H21N7/c1-5-20-8-16-19-11(20)7-15-10-6-9(14)17-12(18-10)13(2,3)4/h6,8H,5,7H2,1-4H3,(H3,14,15,17,18). The van der Waals surface area contributed by atoms with Crippen molar-refractivity contribution in [2.45, 2.75) is 46.2 Å². The number of nitrogen functional groups attached to an aromatic ring is 1. The first-order valence-corrected chi connectivity index (χ1v) is 6.65. The van der Waals surface area contributed by atoms with E-state index >= 15 is 0 Å². The Kier molecular flexibility index (Phi) is 3.87. The van der Waals surface area contributed by atoms with Crippen LogP contribution in [0, 0.1) is 0 Å². The minimum Gasteiger partial charge on any atom is -0.384 e. The molecule has 0 bridgehead atoms. The molecule has 7 nitrogen and oxygen atoms in total. The van der Waals surface area contributed by atoms with Gasteiger partial charge in [0.05, 0.1) is 6.54 Å². The van der Waals surface area contributed by atoms with Crippen molar-refractivity contribution >= 4 is 11.6 Å². The molecule has 7 heteroatoms. The van der Waals surface area contributed by atoms with E-state index in [0.29, 0.717) is 18.2 Å². The number of nitrogens with two attached hydrogens (primary N) is 1. The summed E-state index contributed by atoms with van der Waals surface area (Å²) in [5.41, 5.74) is 5.69. The van der Waals surface area contributed by atoms with E-state index in [1.54, 1.807) is 12.4 Å². The third-order valence-corrected chi connectivity index (χ3v) is 2.88. The molecule has 0 amide bonds. The molecule has 2 heterocycles. The SMILES string of the molecule is CCn1cnnc1CNc1cc(N)nc(C(C)(C)C)n1.